The van der Waals surface area contributed by atoms with E-state index >= 15 is 0 Å². The van der Waals surface area contributed by atoms with Gasteiger partial charge in [-0.2, -0.15) is 0 Å². The Morgan fingerprint density at radius 1 is 1.23 bits per heavy atom. The predicted octanol–water partition coefficient (Wildman–Crippen LogP) is 2.14. The van der Waals surface area contributed by atoms with E-state index < -0.39 is 0 Å². The lowest BCUT2D eigenvalue weighted by Crippen LogP contribution is -2.41. The fourth-order valence-electron chi connectivity index (χ4n) is 2.15. The Bertz CT molecular complexity index is 167. The third-order valence-corrected chi connectivity index (χ3v) is 3.48. The van der Waals surface area contributed by atoms with Crippen LogP contribution in [0.1, 0.15) is 34.1 Å². The van der Waals surface area contributed by atoms with Crippen LogP contribution in [0, 0.1) is 5.92 Å². The zero-order valence-corrected chi connectivity index (χ0v) is 9.63. The predicted molar refractivity (Wildman–Crippen MR) is 55.9 cm³/mol. The summed E-state index contributed by atoms with van der Waals surface area (Å²) >= 11 is 0. The summed E-state index contributed by atoms with van der Waals surface area (Å²) < 4.78 is 5.70. The van der Waals surface area contributed by atoms with Gasteiger partial charge >= 0.3 is 0 Å². The zero-order chi connectivity index (χ0) is 10.1. The van der Waals surface area contributed by atoms with E-state index in [-0.39, 0.29) is 5.60 Å². The molecule has 0 aromatic carbocycles. The molecule has 0 radical (unpaired) electrons. The molecule has 1 aliphatic heterocycles. The van der Waals surface area contributed by atoms with Crippen molar-refractivity contribution in [2.75, 3.05) is 20.2 Å². The molecule has 1 atom stereocenters. The molecule has 1 heterocycles. The third-order valence-electron chi connectivity index (χ3n) is 3.48. The minimum atomic E-state index is 0.115. The maximum absolute atomic E-state index is 5.70. The maximum Gasteiger partial charge on any atom is 0.0839 e. The van der Waals surface area contributed by atoms with Crippen LogP contribution in [0.2, 0.25) is 0 Å². The topological polar surface area (TPSA) is 12.5 Å². The van der Waals surface area contributed by atoms with Gasteiger partial charge in [0.1, 0.15) is 0 Å². The number of methoxy groups -OCH3 is 1. The monoisotopic (exact) mass is 185 g/mol. The normalized spacial score (nSPS) is 30.7. The smallest absolute Gasteiger partial charge is 0.0839 e. The first kappa shape index (κ1) is 11.0. The highest BCUT2D eigenvalue weighted by Crippen LogP contribution is 2.32. The standard InChI is InChI=1S/C11H23NO/c1-9(2)11(13-5)6-7-12(8-11)10(3)4/h9-10H,6-8H2,1-5H3. The molecule has 1 rings (SSSR count). The van der Waals surface area contributed by atoms with Crippen LogP contribution >= 0.6 is 0 Å². The number of rotatable bonds is 3. The van der Waals surface area contributed by atoms with Crippen molar-refractivity contribution in [1.29, 1.82) is 0 Å². The molecular formula is C11H23NO. The number of ether oxygens (including phenoxy) is 1. The second kappa shape index (κ2) is 3.97. The van der Waals surface area contributed by atoms with Crippen molar-refractivity contribution in [1.82, 2.24) is 4.90 Å². The molecule has 13 heavy (non-hydrogen) atoms. The molecule has 0 saturated carbocycles. The van der Waals surface area contributed by atoms with Gasteiger partial charge in [-0.05, 0) is 26.2 Å². The summed E-state index contributed by atoms with van der Waals surface area (Å²) in [5, 5.41) is 0. The third kappa shape index (κ3) is 2.05. The molecule has 1 fully saturated rings. The highest BCUT2D eigenvalue weighted by molar-refractivity contribution is 4.94. The summed E-state index contributed by atoms with van der Waals surface area (Å²) in [7, 11) is 1.85. The Morgan fingerprint density at radius 2 is 1.85 bits per heavy atom. The Morgan fingerprint density at radius 3 is 2.08 bits per heavy atom. The van der Waals surface area contributed by atoms with Crippen molar-refractivity contribution in [3.63, 3.8) is 0 Å². The summed E-state index contributed by atoms with van der Waals surface area (Å²) in [5.74, 6) is 0.612. The second-order valence-electron chi connectivity index (χ2n) is 4.74. The van der Waals surface area contributed by atoms with Crippen molar-refractivity contribution < 1.29 is 4.74 Å². The Balaban J connectivity index is 2.63. The van der Waals surface area contributed by atoms with Crippen molar-refractivity contribution in [2.24, 2.45) is 5.92 Å². The van der Waals surface area contributed by atoms with Gasteiger partial charge in [-0.25, -0.2) is 0 Å². The zero-order valence-electron chi connectivity index (χ0n) is 9.63. The highest BCUT2D eigenvalue weighted by atomic mass is 16.5. The molecule has 0 aromatic rings. The summed E-state index contributed by atoms with van der Waals surface area (Å²) in [4.78, 5) is 2.50. The first-order valence-electron chi connectivity index (χ1n) is 5.31. The molecule has 78 valence electrons. The first-order valence-corrected chi connectivity index (χ1v) is 5.31. The lowest BCUT2D eigenvalue weighted by atomic mass is 9.89. The van der Waals surface area contributed by atoms with Gasteiger partial charge in [0, 0.05) is 26.2 Å². The van der Waals surface area contributed by atoms with E-state index in [1.165, 1.54) is 13.0 Å². The number of likely N-dealkylation sites (tertiary alicyclic amines) is 1. The molecule has 0 aromatic heterocycles. The summed E-state index contributed by atoms with van der Waals surface area (Å²) in [6, 6.07) is 0.649. The molecule has 1 saturated heterocycles. The average molecular weight is 185 g/mol. The van der Waals surface area contributed by atoms with Crippen LogP contribution in [-0.2, 0) is 4.74 Å². The summed E-state index contributed by atoms with van der Waals surface area (Å²) in [6.45, 7) is 11.3. The van der Waals surface area contributed by atoms with Crippen molar-refractivity contribution >= 4 is 0 Å². The molecule has 0 bridgehead atoms. The lowest BCUT2D eigenvalue weighted by molar-refractivity contribution is -0.0400. The minimum Gasteiger partial charge on any atom is -0.377 e. The van der Waals surface area contributed by atoms with Gasteiger partial charge in [0.25, 0.3) is 0 Å². The highest BCUT2D eigenvalue weighted by Gasteiger charge is 2.41. The van der Waals surface area contributed by atoms with Crippen molar-refractivity contribution in [3.8, 4) is 0 Å². The molecular weight excluding hydrogens is 162 g/mol. The SMILES string of the molecule is COC1(C(C)C)CCN(C(C)C)C1. The Hall–Kier alpha value is -0.0800. The summed E-state index contributed by atoms with van der Waals surface area (Å²) in [6.07, 6.45) is 1.18. The van der Waals surface area contributed by atoms with E-state index in [1.54, 1.807) is 0 Å². The molecule has 0 N–H and O–H groups in total. The van der Waals surface area contributed by atoms with E-state index in [0.717, 1.165) is 6.54 Å². The average Bonchev–Trinajstić information content (AvgIpc) is 2.49. The van der Waals surface area contributed by atoms with Gasteiger partial charge in [-0.15, -0.1) is 0 Å². The van der Waals surface area contributed by atoms with E-state index in [9.17, 15) is 0 Å². The minimum absolute atomic E-state index is 0.115. The quantitative estimate of drug-likeness (QED) is 0.668. The van der Waals surface area contributed by atoms with Crippen LogP contribution in [0.4, 0.5) is 0 Å². The van der Waals surface area contributed by atoms with Gasteiger partial charge in [0.05, 0.1) is 5.60 Å². The van der Waals surface area contributed by atoms with Gasteiger partial charge in [0.15, 0.2) is 0 Å². The number of hydrogen-bond donors (Lipinski definition) is 0. The fraction of sp³-hybridized carbons (Fsp3) is 1.00. The second-order valence-corrected chi connectivity index (χ2v) is 4.74. The van der Waals surface area contributed by atoms with Crippen molar-refractivity contribution in [3.05, 3.63) is 0 Å². The number of hydrogen-bond acceptors (Lipinski definition) is 2. The van der Waals surface area contributed by atoms with E-state index in [4.69, 9.17) is 4.74 Å². The van der Waals surface area contributed by atoms with Crippen LogP contribution in [0.5, 0.6) is 0 Å². The first-order chi connectivity index (χ1) is 6.02. The van der Waals surface area contributed by atoms with E-state index in [0.29, 0.717) is 12.0 Å². The van der Waals surface area contributed by atoms with E-state index in [1.807, 2.05) is 7.11 Å². The Kier molecular flexibility index (Phi) is 3.36. The van der Waals surface area contributed by atoms with E-state index in [2.05, 4.69) is 32.6 Å². The molecule has 0 spiro atoms. The van der Waals surface area contributed by atoms with Crippen LogP contribution in [0.3, 0.4) is 0 Å². The van der Waals surface area contributed by atoms with Crippen LogP contribution in [-0.4, -0.2) is 36.7 Å². The molecule has 1 unspecified atom stereocenters. The van der Waals surface area contributed by atoms with Crippen molar-refractivity contribution in [2.45, 2.75) is 45.8 Å². The van der Waals surface area contributed by atoms with Crippen LogP contribution in [0.25, 0.3) is 0 Å². The number of nitrogens with zero attached hydrogens (tertiary/aromatic N) is 1. The Labute approximate surface area is 82.3 Å². The van der Waals surface area contributed by atoms with Gasteiger partial charge in [-0.3, -0.25) is 4.90 Å². The summed E-state index contributed by atoms with van der Waals surface area (Å²) in [5.41, 5.74) is 0.115. The van der Waals surface area contributed by atoms with Crippen LogP contribution < -0.4 is 0 Å². The van der Waals surface area contributed by atoms with Crippen LogP contribution in [0.15, 0.2) is 0 Å². The molecule has 2 nitrogen and oxygen atoms in total. The van der Waals surface area contributed by atoms with Gasteiger partial charge < -0.3 is 4.74 Å². The van der Waals surface area contributed by atoms with Gasteiger partial charge in [-0.1, -0.05) is 13.8 Å². The largest absolute Gasteiger partial charge is 0.377 e. The molecule has 0 aliphatic carbocycles. The maximum atomic E-state index is 5.70. The lowest BCUT2D eigenvalue weighted by Gasteiger charge is -2.33. The fourth-order valence-corrected chi connectivity index (χ4v) is 2.15. The molecule has 1 aliphatic rings. The molecule has 0 amide bonds. The van der Waals surface area contributed by atoms with Gasteiger partial charge in [0.2, 0.25) is 0 Å². The molecule has 2 heteroatoms.